The van der Waals surface area contributed by atoms with E-state index in [1.807, 2.05) is 0 Å². The monoisotopic (exact) mass is 385 g/mol. The Morgan fingerprint density at radius 1 is 0.857 bits per heavy atom. The number of aromatic nitrogens is 1. The van der Waals surface area contributed by atoms with Crippen molar-refractivity contribution < 1.29 is 22.8 Å². The number of pyridine rings is 1. The normalized spacial score (nSPS) is 10.4. The number of nitrogens with one attached hydrogen (secondary N) is 2. The Labute approximate surface area is 158 Å². The predicted molar refractivity (Wildman–Crippen MR) is 98.2 cm³/mol. The van der Waals surface area contributed by atoms with E-state index in [0.29, 0.717) is 11.3 Å². The van der Waals surface area contributed by atoms with Crippen molar-refractivity contribution in [3.63, 3.8) is 0 Å². The molecule has 3 rings (SSSR count). The highest BCUT2D eigenvalue weighted by atomic mass is 19.2. The molecule has 8 heteroatoms. The van der Waals surface area contributed by atoms with Crippen molar-refractivity contribution in [3.8, 4) is 0 Å². The van der Waals surface area contributed by atoms with Crippen LogP contribution in [0.15, 0.2) is 54.7 Å². The van der Waals surface area contributed by atoms with Crippen LogP contribution in [0.4, 0.5) is 30.4 Å². The third-order valence-electron chi connectivity index (χ3n) is 3.87. The molecule has 0 unspecified atom stereocenters. The number of hydrogen-bond acceptors (Lipinski definition) is 4. The van der Waals surface area contributed by atoms with Gasteiger partial charge in [0.15, 0.2) is 23.2 Å². The Morgan fingerprint density at radius 3 is 2.14 bits per heavy atom. The first-order valence-electron chi connectivity index (χ1n) is 8.14. The van der Waals surface area contributed by atoms with Gasteiger partial charge in [-0.25, -0.2) is 18.2 Å². The zero-order valence-corrected chi connectivity index (χ0v) is 14.6. The molecular weight excluding hydrogens is 371 g/mol. The molecular formula is C20H14F3N3O2. The van der Waals surface area contributed by atoms with Crippen molar-refractivity contribution in [2.45, 2.75) is 6.92 Å². The Morgan fingerprint density at radius 2 is 1.54 bits per heavy atom. The minimum absolute atomic E-state index is 0.0809. The van der Waals surface area contributed by atoms with Crippen molar-refractivity contribution in [2.75, 3.05) is 10.6 Å². The number of halogens is 3. The quantitative estimate of drug-likeness (QED) is 0.493. The highest BCUT2D eigenvalue weighted by Gasteiger charge is 2.14. The summed E-state index contributed by atoms with van der Waals surface area (Å²) in [6.45, 7) is 1.45. The minimum Gasteiger partial charge on any atom is -0.338 e. The van der Waals surface area contributed by atoms with Crippen LogP contribution in [-0.2, 0) is 0 Å². The molecule has 0 spiro atoms. The van der Waals surface area contributed by atoms with Gasteiger partial charge in [0.05, 0.1) is 11.3 Å². The maximum Gasteiger partial charge on any atom is 0.257 e. The molecule has 0 aliphatic rings. The molecule has 0 saturated carbocycles. The van der Waals surface area contributed by atoms with E-state index in [4.69, 9.17) is 0 Å². The molecule has 0 radical (unpaired) electrons. The molecule has 0 aliphatic carbocycles. The summed E-state index contributed by atoms with van der Waals surface area (Å²) < 4.78 is 39.9. The molecule has 28 heavy (non-hydrogen) atoms. The lowest BCUT2D eigenvalue weighted by atomic mass is 10.1. The number of carbonyl (C=O) groups is 2. The van der Waals surface area contributed by atoms with Crippen LogP contribution in [0, 0.1) is 17.5 Å². The summed E-state index contributed by atoms with van der Waals surface area (Å²) in [5, 5.41) is 5.17. The Kier molecular flexibility index (Phi) is 5.39. The fourth-order valence-electron chi connectivity index (χ4n) is 2.35. The smallest absolute Gasteiger partial charge is 0.257 e. The van der Waals surface area contributed by atoms with Gasteiger partial charge in [-0.2, -0.15) is 0 Å². The van der Waals surface area contributed by atoms with E-state index in [1.54, 1.807) is 24.3 Å². The van der Waals surface area contributed by atoms with Gasteiger partial charge >= 0.3 is 0 Å². The zero-order chi connectivity index (χ0) is 20.3. The lowest BCUT2D eigenvalue weighted by Gasteiger charge is -2.09. The molecule has 0 bridgehead atoms. The van der Waals surface area contributed by atoms with Crippen molar-refractivity contribution in [1.82, 2.24) is 4.98 Å². The molecule has 2 aromatic carbocycles. The second-order valence-electron chi connectivity index (χ2n) is 5.87. The van der Waals surface area contributed by atoms with Gasteiger partial charge in [0.2, 0.25) is 0 Å². The average molecular weight is 385 g/mol. The first kappa shape index (κ1) is 19.1. The van der Waals surface area contributed by atoms with Gasteiger partial charge in [-0.05, 0) is 55.5 Å². The van der Waals surface area contributed by atoms with Crippen LogP contribution in [0.3, 0.4) is 0 Å². The Balaban J connectivity index is 1.69. The number of amides is 1. The minimum atomic E-state index is -1.59. The number of benzene rings is 2. The van der Waals surface area contributed by atoms with Crippen LogP contribution in [0.2, 0.25) is 0 Å². The van der Waals surface area contributed by atoms with Gasteiger partial charge in [-0.3, -0.25) is 9.59 Å². The van der Waals surface area contributed by atoms with Crippen LogP contribution >= 0.6 is 0 Å². The number of anilines is 3. The summed E-state index contributed by atoms with van der Waals surface area (Å²) in [5.41, 5.74) is 0.974. The standard InChI is InChI=1S/C20H14F3N3O2/c1-11(27)12-2-5-14(6-3-12)25-20(28)13-4-9-17(24-10-13)26-16-8-7-15(21)18(22)19(16)23/h2-10H,1H3,(H,24,26)(H,25,28). The highest BCUT2D eigenvalue weighted by molar-refractivity contribution is 6.04. The molecule has 5 nitrogen and oxygen atoms in total. The number of nitrogens with zero attached hydrogens (tertiary/aromatic N) is 1. The third kappa shape index (κ3) is 4.17. The molecule has 0 aliphatic heterocycles. The SMILES string of the molecule is CC(=O)c1ccc(NC(=O)c2ccc(Nc3ccc(F)c(F)c3F)nc2)cc1. The third-order valence-corrected chi connectivity index (χ3v) is 3.87. The summed E-state index contributed by atoms with van der Waals surface area (Å²) in [5.74, 6) is -4.61. The fourth-order valence-corrected chi connectivity index (χ4v) is 2.35. The van der Waals surface area contributed by atoms with Crippen LogP contribution in [0.25, 0.3) is 0 Å². The first-order chi connectivity index (χ1) is 13.3. The molecule has 1 amide bonds. The van der Waals surface area contributed by atoms with Crippen LogP contribution < -0.4 is 10.6 Å². The van der Waals surface area contributed by atoms with E-state index in [1.165, 1.54) is 25.3 Å². The second kappa shape index (κ2) is 7.91. The Hall–Kier alpha value is -3.68. The van der Waals surface area contributed by atoms with E-state index < -0.39 is 23.4 Å². The number of rotatable bonds is 5. The predicted octanol–water partition coefficient (Wildman–Crippen LogP) is 4.70. The average Bonchev–Trinajstić information content (AvgIpc) is 2.69. The zero-order valence-electron chi connectivity index (χ0n) is 14.6. The number of Topliss-reactive ketones (excluding diaryl/α,β-unsaturated/α-hetero) is 1. The summed E-state index contributed by atoms with van der Waals surface area (Å²) in [6.07, 6.45) is 1.25. The number of hydrogen-bond donors (Lipinski definition) is 2. The van der Waals surface area contributed by atoms with Crippen molar-refractivity contribution >= 4 is 28.9 Å². The number of ketones is 1. The van der Waals surface area contributed by atoms with Crippen LogP contribution in [0.5, 0.6) is 0 Å². The molecule has 142 valence electrons. The summed E-state index contributed by atoms with van der Waals surface area (Å²) in [7, 11) is 0. The molecule has 0 fully saturated rings. The molecule has 1 aromatic heterocycles. The molecule has 0 atom stereocenters. The summed E-state index contributed by atoms with van der Waals surface area (Å²) in [6, 6.07) is 11.1. The van der Waals surface area contributed by atoms with Crippen molar-refractivity contribution in [3.05, 3.63) is 83.3 Å². The molecule has 3 aromatic rings. The maximum absolute atomic E-state index is 13.7. The van der Waals surface area contributed by atoms with Gasteiger partial charge in [0.25, 0.3) is 5.91 Å². The van der Waals surface area contributed by atoms with Crippen molar-refractivity contribution in [2.24, 2.45) is 0 Å². The lowest BCUT2D eigenvalue weighted by Crippen LogP contribution is -2.12. The first-order valence-corrected chi connectivity index (χ1v) is 8.14. The molecule has 0 saturated heterocycles. The van der Waals surface area contributed by atoms with E-state index in [0.717, 1.165) is 12.1 Å². The van der Waals surface area contributed by atoms with Gasteiger partial charge in [0, 0.05) is 17.4 Å². The largest absolute Gasteiger partial charge is 0.338 e. The molecule has 1 heterocycles. The van der Waals surface area contributed by atoms with Gasteiger partial charge in [-0.15, -0.1) is 0 Å². The van der Waals surface area contributed by atoms with Gasteiger partial charge in [-0.1, -0.05) is 0 Å². The van der Waals surface area contributed by atoms with E-state index >= 15 is 0 Å². The topological polar surface area (TPSA) is 71.1 Å². The Bertz CT molecular complexity index is 1040. The summed E-state index contributed by atoms with van der Waals surface area (Å²) in [4.78, 5) is 27.5. The highest BCUT2D eigenvalue weighted by Crippen LogP contribution is 2.22. The van der Waals surface area contributed by atoms with E-state index in [-0.39, 0.29) is 22.9 Å². The van der Waals surface area contributed by atoms with Crippen molar-refractivity contribution in [1.29, 1.82) is 0 Å². The maximum atomic E-state index is 13.7. The van der Waals surface area contributed by atoms with Crippen LogP contribution in [-0.4, -0.2) is 16.7 Å². The fraction of sp³-hybridized carbons (Fsp3) is 0.0500. The second-order valence-corrected chi connectivity index (χ2v) is 5.87. The van der Waals surface area contributed by atoms with Crippen LogP contribution in [0.1, 0.15) is 27.6 Å². The van der Waals surface area contributed by atoms with Gasteiger partial charge < -0.3 is 10.6 Å². The van der Waals surface area contributed by atoms with Gasteiger partial charge in [0.1, 0.15) is 5.82 Å². The van der Waals surface area contributed by atoms with E-state index in [2.05, 4.69) is 15.6 Å². The molecule has 2 N–H and O–H groups in total. The van der Waals surface area contributed by atoms with E-state index in [9.17, 15) is 22.8 Å². The summed E-state index contributed by atoms with van der Waals surface area (Å²) >= 11 is 0. The lowest BCUT2D eigenvalue weighted by molar-refractivity contribution is 0.101. The number of carbonyl (C=O) groups excluding carboxylic acids is 2.